The Labute approximate surface area is 141 Å². The smallest absolute Gasteiger partial charge is 0.254 e. The molecule has 0 saturated carbocycles. The van der Waals surface area contributed by atoms with Crippen molar-refractivity contribution in [3.05, 3.63) is 65.5 Å². The Morgan fingerprint density at radius 1 is 1.38 bits per heavy atom. The summed E-state index contributed by atoms with van der Waals surface area (Å²) in [5.41, 5.74) is 2.24. The second-order valence-electron chi connectivity index (χ2n) is 5.88. The third-order valence-corrected chi connectivity index (χ3v) is 4.48. The number of methoxy groups -OCH3 is 1. The summed E-state index contributed by atoms with van der Waals surface area (Å²) < 4.78 is 5.59. The van der Waals surface area contributed by atoms with E-state index >= 15 is 0 Å². The zero-order valence-electron chi connectivity index (χ0n) is 13.6. The van der Waals surface area contributed by atoms with Gasteiger partial charge in [-0.2, -0.15) is 5.26 Å². The number of rotatable bonds is 4. The Morgan fingerprint density at radius 3 is 2.79 bits per heavy atom. The van der Waals surface area contributed by atoms with Crippen molar-refractivity contribution in [3.8, 4) is 6.07 Å². The van der Waals surface area contributed by atoms with E-state index in [1.54, 1.807) is 37.6 Å². The summed E-state index contributed by atoms with van der Waals surface area (Å²) in [5.74, 6) is -0.0204. The molecule has 24 heavy (non-hydrogen) atoms. The standard InChI is InChI=1S/C19H19N3O2/c1-24-18-8-10-22(17(18)11-15-3-2-9-21-13-15)19(23)16-6-4-14(12-20)5-7-16/h2-7,9,13,17-18H,8,10-11H2,1H3/t17-,18-/m1/s1. The van der Waals surface area contributed by atoms with E-state index in [2.05, 4.69) is 11.1 Å². The largest absolute Gasteiger partial charge is 0.379 e. The van der Waals surface area contributed by atoms with Gasteiger partial charge in [0.1, 0.15) is 0 Å². The van der Waals surface area contributed by atoms with Gasteiger partial charge in [-0.1, -0.05) is 6.07 Å². The average molecular weight is 321 g/mol. The number of benzene rings is 1. The average Bonchev–Trinajstić information content (AvgIpc) is 3.04. The molecule has 0 radical (unpaired) electrons. The van der Waals surface area contributed by atoms with Crippen LogP contribution in [0.3, 0.4) is 0 Å². The number of nitrogens with zero attached hydrogens (tertiary/aromatic N) is 3. The number of pyridine rings is 1. The molecule has 3 rings (SSSR count). The van der Waals surface area contributed by atoms with Gasteiger partial charge in [0, 0.05) is 31.6 Å². The zero-order chi connectivity index (χ0) is 16.9. The normalized spacial score (nSPS) is 19.9. The number of amides is 1. The van der Waals surface area contributed by atoms with E-state index in [0.717, 1.165) is 12.0 Å². The monoisotopic (exact) mass is 321 g/mol. The van der Waals surface area contributed by atoms with E-state index in [1.807, 2.05) is 23.2 Å². The fourth-order valence-corrected chi connectivity index (χ4v) is 3.21. The first-order chi connectivity index (χ1) is 11.7. The minimum Gasteiger partial charge on any atom is -0.379 e. The molecule has 2 heterocycles. The molecule has 1 amide bonds. The number of carbonyl (C=O) groups is 1. The number of hydrogen-bond acceptors (Lipinski definition) is 4. The highest BCUT2D eigenvalue weighted by molar-refractivity contribution is 5.94. The van der Waals surface area contributed by atoms with Crippen molar-refractivity contribution in [2.45, 2.75) is 25.0 Å². The number of hydrogen-bond donors (Lipinski definition) is 0. The highest BCUT2D eigenvalue weighted by atomic mass is 16.5. The van der Waals surface area contributed by atoms with Crippen molar-refractivity contribution in [1.29, 1.82) is 5.26 Å². The number of nitriles is 1. The maximum absolute atomic E-state index is 12.9. The fraction of sp³-hybridized carbons (Fsp3) is 0.316. The lowest BCUT2D eigenvalue weighted by Crippen LogP contribution is -2.41. The minimum atomic E-state index is -0.0204. The van der Waals surface area contributed by atoms with Gasteiger partial charge in [0.2, 0.25) is 0 Å². The van der Waals surface area contributed by atoms with Crippen LogP contribution in [0.2, 0.25) is 0 Å². The van der Waals surface area contributed by atoms with Crippen LogP contribution in [-0.2, 0) is 11.2 Å². The second kappa shape index (κ2) is 7.24. The van der Waals surface area contributed by atoms with Crippen LogP contribution in [0.25, 0.3) is 0 Å². The molecule has 1 saturated heterocycles. The molecule has 2 atom stereocenters. The van der Waals surface area contributed by atoms with Crippen LogP contribution < -0.4 is 0 Å². The molecule has 5 heteroatoms. The van der Waals surface area contributed by atoms with Crippen LogP contribution in [0.5, 0.6) is 0 Å². The second-order valence-corrected chi connectivity index (χ2v) is 5.88. The van der Waals surface area contributed by atoms with Crippen molar-refractivity contribution >= 4 is 5.91 Å². The summed E-state index contributed by atoms with van der Waals surface area (Å²) in [7, 11) is 1.69. The third-order valence-electron chi connectivity index (χ3n) is 4.48. The molecular formula is C19H19N3O2. The number of ether oxygens (including phenoxy) is 1. The quantitative estimate of drug-likeness (QED) is 0.867. The summed E-state index contributed by atoms with van der Waals surface area (Å²) >= 11 is 0. The number of likely N-dealkylation sites (tertiary alicyclic amines) is 1. The first-order valence-electron chi connectivity index (χ1n) is 7.95. The van der Waals surface area contributed by atoms with Crippen LogP contribution >= 0.6 is 0 Å². The SMILES string of the molecule is CO[C@@H]1CCN(C(=O)c2ccc(C#N)cc2)[C@@H]1Cc1cccnc1. The lowest BCUT2D eigenvalue weighted by molar-refractivity contribution is 0.0508. The van der Waals surface area contributed by atoms with E-state index in [9.17, 15) is 4.79 Å². The molecule has 0 bridgehead atoms. The molecule has 0 spiro atoms. The molecule has 1 aliphatic heterocycles. The van der Waals surface area contributed by atoms with E-state index in [1.165, 1.54) is 0 Å². The van der Waals surface area contributed by atoms with Gasteiger partial charge in [-0.25, -0.2) is 0 Å². The summed E-state index contributed by atoms with van der Waals surface area (Å²) in [5, 5.41) is 8.88. The van der Waals surface area contributed by atoms with Gasteiger partial charge in [0.05, 0.1) is 23.8 Å². The van der Waals surface area contributed by atoms with Gasteiger partial charge in [-0.3, -0.25) is 9.78 Å². The Bertz CT molecular complexity index is 737. The predicted molar refractivity (Wildman–Crippen MR) is 89.3 cm³/mol. The number of aromatic nitrogens is 1. The van der Waals surface area contributed by atoms with Crippen molar-refractivity contribution < 1.29 is 9.53 Å². The van der Waals surface area contributed by atoms with Crippen molar-refractivity contribution in [2.24, 2.45) is 0 Å². The summed E-state index contributed by atoms with van der Waals surface area (Å²) in [6.45, 7) is 0.669. The minimum absolute atomic E-state index is 0.0117. The molecule has 5 nitrogen and oxygen atoms in total. The van der Waals surface area contributed by atoms with Crippen LogP contribution in [0.4, 0.5) is 0 Å². The molecule has 0 aliphatic carbocycles. The van der Waals surface area contributed by atoms with E-state index < -0.39 is 0 Å². The maximum atomic E-state index is 12.9. The Hall–Kier alpha value is -2.71. The van der Waals surface area contributed by atoms with Crippen LogP contribution in [0.1, 0.15) is 27.9 Å². The lowest BCUT2D eigenvalue weighted by Gasteiger charge is -2.28. The highest BCUT2D eigenvalue weighted by Crippen LogP contribution is 2.25. The van der Waals surface area contributed by atoms with E-state index in [0.29, 0.717) is 24.1 Å². The molecule has 1 aliphatic rings. The van der Waals surface area contributed by atoms with Gasteiger partial charge in [-0.15, -0.1) is 0 Å². The van der Waals surface area contributed by atoms with Gasteiger partial charge >= 0.3 is 0 Å². The van der Waals surface area contributed by atoms with Crippen molar-refractivity contribution in [3.63, 3.8) is 0 Å². The Kier molecular flexibility index (Phi) is 4.88. The van der Waals surface area contributed by atoms with Crippen molar-refractivity contribution in [1.82, 2.24) is 9.88 Å². The van der Waals surface area contributed by atoms with Crippen LogP contribution in [0.15, 0.2) is 48.8 Å². The van der Waals surface area contributed by atoms with Gasteiger partial charge in [0.25, 0.3) is 5.91 Å². The van der Waals surface area contributed by atoms with Gasteiger partial charge in [-0.05, 0) is 48.7 Å². The fourth-order valence-electron chi connectivity index (χ4n) is 3.21. The lowest BCUT2D eigenvalue weighted by atomic mass is 10.0. The first-order valence-corrected chi connectivity index (χ1v) is 7.95. The van der Waals surface area contributed by atoms with Gasteiger partial charge < -0.3 is 9.64 Å². The summed E-state index contributed by atoms with van der Waals surface area (Å²) in [6.07, 6.45) is 5.13. The maximum Gasteiger partial charge on any atom is 0.254 e. The zero-order valence-corrected chi connectivity index (χ0v) is 13.6. The third kappa shape index (κ3) is 3.29. The van der Waals surface area contributed by atoms with Gasteiger partial charge in [0.15, 0.2) is 0 Å². The van der Waals surface area contributed by atoms with E-state index in [-0.39, 0.29) is 18.1 Å². The topological polar surface area (TPSA) is 66.2 Å². The molecule has 2 aromatic rings. The molecular weight excluding hydrogens is 302 g/mol. The summed E-state index contributed by atoms with van der Waals surface area (Å²) in [4.78, 5) is 18.9. The van der Waals surface area contributed by atoms with Crippen LogP contribution in [0, 0.1) is 11.3 Å². The predicted octanol–water partition coefficient (Wildman–Crippen LogP) is 2.43. The number of carbonyl (C=O) groups excluding carboxylic acids is 1. The molecule has 0 unspecified atom stereocenters. The van der Waals surface area contributed by atoms with Crippen molar-refractivity contribution in [2.75, 3.05) is 13.7 Å². The van der Waals surface area contributed by atoms with E-state index in [4.69, 9.17) is 10.00 Å². The molecule has 122 valence electrons. The first kappa shape index (κ1) is 16.2. The molecule has 1 aromatic carbocycles. The summed E-state index contributed by atoms with van der Waals surface area (Å²) in [6, 6.07) is 12.7. The molecule has 1 fully saturated rings. The highest BCUT2D eigenvalue weighted by Gasteiger charge is 2.37. The molecule has 0 N–H and O–H groups in total. The Morgan fingerprint density at radius 2 is 2.17 bits per heavy atom. The molecule has 1 aromatic heterocycles. The van der Waals surface area contributed by atoms with Crippen LogP contribution in [-0.4, -0.2) is 41.6 Å². The Balaban J connectivity index is 1.81.